The number of halogens is 1. The maximum absolute atomic E-state index is 14.0. The first-order valence-electron chi connectivity index (χ1n) is 11.7. The van der Waals surface area contributed by atoms with E-state index in [0.717, 1.165) is 5.56 Å². The Bertz CT molecular complexity index is 1630. The monoisotopic (exact) mass is 488 g/mol. The third-order valence-electron chi connectivity index (χ3n) is 6.27. The number of H-pyrrole nitrogens is 1. The van der Waals surface area contributed by atoms with Crippen molar-refractivity contribution in [1.82, 2.24) is 20.5 Å². The second-order valence-electron chi connectivity index (χ2n) is 9.35. The number of aromatic amines is 1. The van der Waals surface area contributed by atoms with Crippen LogP contribution in [0.25, 0.3) is 32.6 Å². The Morgan fingerprint density at radius 3 is 2.75 bits per heavy atom. The van der Waals surface area contributed by atoms with Gasteiger partial charge in [0.1, 0.15) is 17.9 Å². The Balaban J connectivity index is 1.33. The van der Waals surface area contributed by atoms with Gasteiger partial charge in [0, 0.05) is 28.1 Å². The molecule has 8 nitrogen and oxygen atoms in total. The van der Waals surface area contributed by atoms with Crippen LogP contribution in [0.5, 0.6) is 0 Å². The maximum Gasteiger partial charge on any atom is 0.407 e. The first kappa shape index (κ1) is 23.5. The van der Waals surface area contributed by atoms with Crippen molar-refractivity contribution >= 4 is 38.7 Å². The highest BCUT2D eigenvalue weighted by atomic mass is 19.1. The van der Waals surface area contributed by atoms with Crippen LogP contribution >= 0.6 is 0 Å². The largest absolute Gasteiger partial charge is 0.445 e. The van der Waals surface area contributed by atoms with E-state index >= 15 is 0 Å². The highest BCUT2D eigenvalue weighted by Gasteiger charge is 2.28. The second kappa shape index (κ2) is 9.41. The molecule has 0 aliphatic rings. The Morgan fingerprint density at radius 2 is 1.94 bits per heavy atom. The predicted molar refractivity (Wildman–Crippen MR) is 134 cm³/mol. The molecule has 1 amide bonds. The number of hydrogen-bond acceptors (Lipinski definition) is 6. The molecule has 5 aromatic rings. The van der Waals surface area contributed by atoms with Crippen LogP contribution in [0.4, 0.5) is 9.18 Å². The fourth-order valence-electron chi connectivity index (χ4n) is 4.34. The molecule has 0 aliphatic carbocycles. The SMILES string of the molecule is CC(C)(CCCNC(=O)OCc1ccccc1)c1nc2c3cn[nH]c(=O)c3c3cc(F)ccc3c2o1. The van der Waals surface area contributed by atoms with Gasteiger partial charge in [-0.15, -0.1) is 0 Å². The zero-order valence-corrected chi connectivity index (χ0v) is 19.9. The van der Waals surface area contributed by atoms with Gasteiger partial charge in [-0.1, -0.05) is 44.2 Å². The van der Waals surface area contributed by atoms with Crippen molar-refractivity contribution in [2.75, 3.05) is 6.54 Å². The van der Waals surface area contributed by atoms with Gasteiger partial charge in [-0.05, 0) is 36.6 Å². The zero-order chi connectivity index (χ0) is 25.3. The van der Waals surface area contributed by atoms with Crippen LogP contribution in [-0.4, -0.2) is 27.8 Å². The summed E-state index contributed by atoms with van der Waals surface area (Å²) in [5.41, 5.74) is 1.02. The number of hydrogen-bond donors (Lipinski definition) is 2. The number of fused-ring (bicyclic) bond motifs is 6. The number of ether oxygens (including phenoxy) is 1. The number of nitrogens with one attached hydrogen (secondary N) is 2. The van der Waals surface area contributed by atoms with E-state index in [1.807, 2.05) is 44.2 Å². The van der Waals surface area contributed by atoms with Crippen molar-refractivity contribution in [1.29, 1.82) is 0 Å². The van der Waals surface area contributed by atoms with Gasteiger partial charge in [-0.2, -0.15) is 5.10 Å². The molecular formula is C27H25FN4O4. The summed E-state index contributed by atoms with van der Waals surface area (Å²) in [4.78, 5) is 29.3. The van der Waals surface area contributed by atoms with E-state index in [1.54, 1.807) is 6.07 Å². The molecule has 0 unspecified atom stereocenters. The van der Waals surface area contributed by atoms with E-state index in [0.29, 0.717) is 57.9 Å². The molecule has 2 N–H and O–H groups in total. The first-order chi connectivity index (χ1) is 17.3. The van der Waals surface area contributed by atoms with Gasteiger partial charge in [0.15, 0.2) is 5.58 Å². The number of carbonyl (C=O) groups is 1. The first-order valence-corrected chi connectivity index (χ1v) is 11.7. The Morgan fingerprint density at radius 1 is 1.14 bits per heavy atom. The molecule has 9 heteroatoms. The van der Waals surface area contributed by atoms with Gasteiger partial charge in [-0.25, -0.2) is 19.3 Å². The zero-order valence-electron chi connectivity index (χ0n) is 19.9. The van der Waals surface area contributed by atoms with Gasteiger partial charge in [-0.3, -0.25) is 4.79 Å². The van der Waals surface area contributed by atoms with Gasteiger partial charge in [0.25, 0.3) is 5.56 Å². The van der Waals surface area contributed by atoms with Crippen molar-refractivity contribution in [3.63, 3.8) is 0 Å². The van der Waals surface area contributed by atoms with Crippen LogP contribution in [-0.2, 0) is 16.8 Å². The Kier molecular flexibility index (Phi) is 6.13. The van der Waals surface area contributed by atoms with E-state index in [1.165, 1.54) is 18.3 Å². The summed E-state index contributed by atoms with van der Waals surface area (Å²) < 4.78 is 25.5. The molecular weight excluding hydrogens is 463 g/mol. The van der Waals surface area contributed by atoms with Crippen LogP contribution in [0.15, 0.2) is 63.9 Å². The summed E-state index contributed by atoms with van der Waals surface area (Å²) in [7, 11) is 0. The minimum atomic E-state index is -0.471. The summed E-state index contributed by atoms with van der Waals surface area (Å²) in [6, 6.07) is 13.7. The number of amides is 1. The van der Waals surface area contributed by atoms with Gasteiger partial charge >= 0.3 is 6.09 Å². The molecule has 2 aromatic heterocycles. The smallest absolute Gasteiger partial charge is 0.407 e. The van der Waals surface area contributed by atoms with Crippen molar-refractivity contribution < 1.29 is 18.3 Å². The topological polar surface area (TPSA) is 110 Å². The molecule has 0 atom stereocenters. The molecule has 184 valence electrons. The predicted octanol–water partition coefficient (Wildman–Crippen LogP) is 5.34. The third-order valence-corrected chi connectivity index (χ3v) is 6.27. The lowest BCUT2D eigenvalue weighted by Gasteiger charge is -2.20. The summed E-state index contributed by atoms with van der Waals surface area (Å²) in [6.07, 6.45) is 2.37. The number of oxazole rings is 1. The minimum Gasteiger partial charge on any atom is -0.445 e. The van der Waals surface area contributed by atoms with Crippen LogP contribution in [0, 0.1) is 5.82 Å². The molecule has 36 heavy (non-hydrogen) atoms. The summed E-state index contributed by atoms with van der Waals surface area (Å²) in [5, 5.41) is 11.0. The Labute approximate surface area is 205 Å². The highest BCUT2D eigenvalue weighted by molar-refractivity contribution is 6.22. The quantitative estimate of drug-likeness (QED) is 0.236. The van der Waals surface area contributed by atoms with Crippen LogP contribution in [0.3, 0.4) is 0 Å². The van der Waals surface area contributed by atoms with E-state index in [4.69, 9.17) is 14.1 Å². The molecule has 5 rings (SSSR count). The van der Waals surface area contributed by atoms with Crippen molar-refractivity contribution in [2.24, 2.45) is 0 Å². The molecule has 0 spiro atoms. The van der Waals surface area contributed by atoms with Crippen LogP contribution in [0.2, 0.25) is 0 Å². The van der Waals surface area contributed by atoms with Crippen molar-refractivity contribution in [2.45, 2.75) is 38.7 Å². The van der Waals surface area contributed by atoms with E-state index < -0.39 is 22.9 Å². The Hall–Kier alpha value is -4.27. The van der Waals surface area contributed by atoms with Crippen LogP contribution < -0.4 is 10.9 Å². The highest BCUT2D eigenvalue weighted by Crippen LogP contribution is 2.37. The fourth-order valence-corrected chi connectivity index (χ4v) is 4.34. The van der Waals surface area contributed by atoms with E-state index in [-0.39, 0.29) is 6.61 Å². The number of aromatic nitrogens is 3. The molecule has 0 radical (unpaired) electrons. The van der Waals surface area contributed by atoms with Gasteiger partial charge in [0.05, 0.1) is 11.6 Å². The lowest BCUT2D eigenvalue weighted by molar-refractivity contribution is 0.139. The molecule has 0 aliphatic heterocycles. The molecule has 0 fully saturated rings. The average molecular weight is 489 g/mol. The number of carbonyl (C=O) groups excluding carboxylic acids is 1. The molecule has 0 saturated heterocycles. The van der Waals surface area contributed by atoms with E-state index in [2.05, 4.69) is 15.5 Å². The molecule has 0 bridgehead atoms. The summed E-state index contributed by atoms with van der Waals surface area (Å²) >= 11 is 0. The summed E-state index contributed by atoms with van der Waals surface area (Å²) in [5.74, 6) is 0.0387. The normalized spacial score (nSPS) is 11.9. The maximum atomic E-state index is 14.0. The average Bonchev–Trinajstić information content (AvgIpc) is 3.33. The summed E-state index contributed by atoms with van der Waals surface area (Å²) in [6.45, 7) is 4.65. The second-order valence-corrected chi connectivity index (χ2v) is 9.35. The molecule has 0 saturated carbocycles. The number of benzene rings is 3. The minimum absolute atomic E-state index is 0.213. The fraction of sp³-hybridized carbons (Fsp3) is 0.259. The van der Waals surface area contributed by atoms with Gasteiger partial charge in [0.2, 0.25) is 5.89 Å². The lowest BCUT2D eigenvalue weighted by Crippen LogP contribution is -2.27. The number of alkyl carbamates (subject to hydrolysis) is 1. The molecule has 2 heterocycles. The van der Waals surface area contributed by atoms with Crippen molar-refractivity contribution in [3.8, 4) is 0 Å². The standard InChI is InChI=1S/C27H25FN4O4/c1-27(2,11-6-12-29-26(34)35-15-16-7-4-3-5-8-16)25-31-22-20-14-30-32-24(33)21(20)19-13-17(28)9-10-18(19)23(22)36-25/h3-5,7-10,13-14H,6,11-12,15H2,1-2H3,(H,29,34)(H,32,33). The molecule has 3 aromatic carbocycles. The van der Waals surface area contributed by atoms with Crippen LogP contribution in [0.1, 0.15) is 38.1 Å². The number of rotatable bonds is 7. The number of nitrogens with zero attached hydrogens (tertiary/aromatic N) is 2. The third kappa shape index (κ3) is 4.51. The lowest BCUT2D eigenvalue weighted by atomic mass is 9.87. The van der Waals surface area contributed by atoms with E-state index in [9.17, 15) is 14.0 Å². The van der Waals surface area contributed by atoms with Gasteiger partial charge < -0.3 is 14.5 Å². The van der Waals surface area contributed by atoms with Crippen molar-refractivity contribution in [3.05, 3.63) is 82.4 Å².